The predicted octanol–water partition coefficient (Wildman–Crippen LogP) is 2.17. The van der Waals surface area contributed by atoms with Crippen LogP contribution in [0.3, 0.4) is 0 Å². The summed E-state index contributed by atoms with van der Waals surface area (Å²) in [6, 6.07) is 0. The third-order valence-corrected chi connectivity index (χ3v) is 4.51. The van der Waals surface area contributed by atoms with Crippen molar-refractivity contribution in [2.75, 3.05) is 0 Å². The van der Waals surface area contributed by atoms with E-state index >= 15 is 0 Å². The third kappa shape index (κ3) is 1.87. The van der Waals surface area contributed by atoms with Crippen LogP contribution in [0.25, 0.3) is 0 Å². The second-order valence-electron chi connectivity index (χ2n) is 7.44. The monoisotopic (exact) mass is 284 g/mol. The molecule has 3 aliphatic rings. The van der Waals surface area contributed by atoms with Crippen molar-refractivity contribution in [1.82, 2.24) is 0 Å². The van der Waals surface area contributed by atoms with Gasteiger partial charge >= 0.3 is 0 Å². The smallest absolute Gasteiger partial charge is 0.199 e. The Morgan fingerprint density at radius 1 is 0.950 bits per heavy atom. The van der Waals surface area contributed by atoms with Gasteiger partial charge in [0.15, 0.2) is 23.0 Å². The Morgan fingerprint density at radius 2 is 1.60 bits per heavy atom. The molecule has 1 spiro atoms. The summed E-state index contributed by atoms with van der Waals surface area (Å²) in [5.41, 5.74) is -1.61. The minimum absolute atomic E-state index is 0.0464. The lowest BCUT2D eigenvalue weighted by atomic mass is 9.71. The lowest BCUT2D eigenvalue weighted by Crippen LogP contribution is -2.62. The minimum Gasteiger partial charge on any atom is -0.344 e. The molecule has 3 atom stereocenters. The number of hydrogen-bond donors (Lipinski definition) is 0. The summed E-state index contributed by atoms with van der Waals surface area (Å²) in [5.74, 6) is -1.52. The topological polar surface area (TPSA) is 54.0 Å². The Morgan fingerprint density at radius 3 is 2.15 bits per heavy atom. The van der Waals surface area contributed by atoms with Crippen molar-refractivity contribution in [2.45, 2.75) is 89.4 Å². The average Bonchev–Trinajstić information content (AvgIpc) is 2.64. The number of hydrogen-bond acceptors (Lipinski definition) is 5. The van der Waals surface area contributed by atoms with Crippen LogP contribution in [0, 0.1) is 0 Å². The predicted molar refractivity (Wildman–Crippen MR) is 71.1 cm³/mol. The first-order chi connectivity index (χ1) is 8.98. The largest absolute Gasteiger partial charge is 0.344 e. The van der Waals surface area contributed by atoms with E-state index in [9.17, 15) is 4.79 Å². The van der Waals surface area contributed by atoms with E-state index < -0.39 is 28.9 Å². The van der Waals surface area contributed by atoms with Gasteiger partial charge in [-0.1, -0.05) is 0 Å². The number of fused-ring (bicyclic) bond motifs is 1. The molecule has 0 aromatic heterocycles. The van der Waals surface area contributed by atoms with Crippen LogP contribution < -0.4 is 0 Å². The highest BCUT2D eigenvalue weighted by Gasteiger charge is 2.68. The molecule has 3 rings (SSSR count). The van der Waals surface area contributed by atoms with Gasteiger partial charge in [0.05, 0.1) is 6.10 Å². The highest BCUT2D eigenvalue weighted by atomic mass is 16.8. The Bertz CT molecular complexity index is 453. The van der Waals surface area contributed by atoms with E-state index in [-0.39, 0.29) is 11.9 Å². The van der Waals surface area contributed by atoms with Crippen molar-refractivity contribution >= 4 is 5.78 Å². The fraction of sp³-hybridized carbons (Fsp3) is 0.933. The van der Waals surface area contributed by atoms with Crippen molar-refractivity contribution in [1.29, 1.82) is 0 Å². The summed E-state index contributed by atoms with van der Waals surface area (Å²) in [6.07, 6.45) is 0.604. The molecule has 1 aliphatic carbocycles. The van der Waals surface area contributed by atoms with Crippen molar-refractivity contribution in [3.05, 3.63) is 0 Å². The SMILES string of the molecule is CC1(C)O[C@@H]2CC[C@@]3(OC(C)(C)OC3(C)C)C(=O)[C@@H]2O1. The Kier molecular flexibility index (Phi) is 2.76. The van der Waals surface area contributed by atoms with E-state index in [0.717, 1.165) is 6.42 Å². The molecule has 0 aromatic carbocycles. The first kappa shape index (κ1) is 14.4. The van der Waals surface area contributed by atoms with Gasteiger partial charge in [-0.2, -0.15) is 0 Å². The molecule has 0 aromatic rings. The fourth-order valence-electron chi connectivity index (χ4n) is 3.93. The van der Waals surface area contributed by atoms with Gasteiger partial charge in [-0.15, -0.1) is 0 Å². The molecule has 5 heteroatoms. The van der Waals surface area contributed by atoms with Gasteiger partial charge < -0.3 is 18.9 Å². The van der Waals surface area contributed by atoms with Gasteiger partial charge in [-0.05, 0) is 54.4 Å². The molecule has 0 N–H and O–H groups in total. The summed E-state index contributed by atoms with van der Waals surface area (Å²) < 4.78 is 23.6. The van der Waals surface area contributed by atoms with Crippen LogP contribution in [0.15, 0.2) is 0 Å². The van der Waals surface area contributed by atoms with E-state index in [4.69, 9.17) is 18.9 Å². The molecule has 0 radical (unpaired) electrons. The van der Waals surface area contributed by atoms with E-state index in [1.807, 2.05) is 41.5 Å². The number of carbonyl (C=O) groups is 1. The van der Waals surface area contributed by atoms with Crippen LogP contribution in [0.1, 0.15) is 54.4 Å². The summed E-state index contributed by atoms with van der Waals surface area (Å²) in [5, 5.41) is 0. The molecular formula is C15H24O5. The summed E-state index contributed by atoms with van der Waals surface area (Å²) in [7, 11) is 0. The summed E-state index contributed by atoms with van der Waals surface area (Å²) in [6.45, 7) is 11.2. The average molecular weight is 284 g/mol. The first-order valence-electron chi connectivity index (χ1n) is 7.28. The number of ether oxygens (including phenoxy) is 4. The van der Waals surface area contributed by atoms with Crippen LogP contribution in [-0.4, -0.2) is 40.8 Å². The highest BCUT2D eigenvalue weighted by Crippen LogP contribution is 2.52. The maximum Gasteiger partial charge on any atom is 0.199 e. The molecule has 20 heavy (non-hydrogen) atoms. The van der Waals surface area contributed by atoms with Crippen molar-refractivity contribution in [2.24, 2.45) is 0 Å². The zero-order chi connectivity index (χ0) is 15.0. The Labute approximate surface area is 119 Å². The molecule has 5 nitrogen and oxygen atoms in total. The summed E-state index contributed by atoms with van der Waals surface area (Å²) >= 11 is 0. The molecule has 1 saturated carbocycles. The lowest BCUT2D eigenvalue weighted by Gasteiger charge is -2.42. The van der Waals surface area contributed by atoms with Crippen LogP contribution >= 0.6 is 0 Å². The minimum atomic E-state index is -0.943. The highest BCUT2D eigenvalue weighted by molar-refractivity contribution is 5.94. The second kappa shape index (κ2) is 3.83. The molecule has 2 heterocycles. The maximum absolute atomic E-state index is 13.0. The molecule has 3 fully saturated rings. The lowest BCUT2D eigenvalue weighted by molar-refractivity contribution is -0.185. The standard InChI is InChI=1S/C15H24O5/c1-12(2)15(20-14(5,6)19-12)8-7-9-10(11(15)16)18-13(3,4)17-9/h9-10H,7-8H2,1-6H3/t9-,10-,15-/m1/s1. The van der Waals surface area contributed by atoms with Crippen molar-refractivity contribution in [3.8, 4) is 0 Å². The fourth-order valence-corrected chi connectivity index (χ4v) is 3.93. The molecule has 114 valence electrons. The van der Waals surface area contributed by atoms with Gasteiger partial charge in [0.1, 0.15) is 11.7 Å². The van der Waals surface area contributed by atoms with Gasteiger partial charge in [0, 0.05) is 0 Å². The van der Waals surface area contributed by atoms with Crippen molar-refractivity contribution < 1.29 is 23.7 Å². The quantitative estimate of drug-likeness (QED) is 0.682. The first-order valence-corrected chi connectivity index (χ1v) is 7.28. The van der Waals surface area contributed by atoms with Gasteiger partial charge in [0.2, 0.25) is 0 Å². The summed E-state index contributed by atoms with van der Waals surface area (Å²) in [4.78, 5) is 13.0. The van der Waals surface area contributed by atoms with Crippen LogP contribution in [0.4, 0.5) is 0 Å². The maximum atomic E-state index is 13.0. The van der Waals surface area contributed by atoms with Crippen molar-refractivity contribution in [3.63, 3.8) is 0 Å². The Balaban J connectivity index is 1.95. The molecule has 0 amide bonds. The normalized spacial score (nSPS) is 44.8. The molecular weight excluding hydrogens is 260 g/mol. The zero-order valence-electron chi connectivity index (χ0n) is 13.1. The van der Waals surface area contributed by atoms with Gasteiger partial charge in [-0.3, -0.25) is 4.79 Å². The molecule has 0 bridgehead atoms. The van der Waals surface area contributed by atoms with E-state index in [2.05, 4.69) is 0 Å². The van der Waals surface area contributed by atoms with Crippen LogP contribution in [0.5, 0.6) is 0 Å². The van der Waals surface area contributed by atoms with Crippen LogP contribution in [-0.2, 0) is 23.7 Å². The molecule has 2 aliphatic heterocycles. The molecule has 2 saturated heterocycles. The van der Waals surface area contributed by atoms with E-state index in [1.165, 1.54) is 0 Å². The van der Waals surface area contributed by atoms with Gasteiger partial charge in [0.25, 0.3) is 0 Å². The number of ketones is 1. The Hall–Kier alpha value is -0.490. The van der Waals surface area contributed by atoms with Gasteiger partial charge in [-0.25, -0.2) is 0 Å². The second-order valence-corrected chi connectivity index (χ2v) is 7.44. The van der Waals surface area contributed by atoms with Crippen LogP contribution in [0.2, 0.25) is 0 Å². The third-order valence-electron chi connectivity index (χ3n) is 4.51. The number of rotatable bonds is 0. The van der Waals surface area contributed by atoms with E-state index in [0.29, 0.717) is 6.42 Å². The number of carbonyl (C=O) groups excluding carboxylic acids is 1. The zero-order valence-corrected chi connectivity index (χ0v) is 13.1. The number of Topliss-reactive ketones (excluding diaryl/α,β-unsaturated/α-hetero) is 1. The van der Waals surface area contributed by atoms with E-state index in [1.54, 1.807) is 0 Å². The molecule has 0 unspecified atom stereocenters.